The van der Waals surface area contributed by atoms with Crippen LogP contribution in [0.15, 0.2) is 0 Å². The molecule has 0 spiro atoms. The lowest BCUT2D eigenvalue weighted by molar-refractivity contribution is -0.205. The summed E-state index contributed by atoms with van der Waals surface area (Å²) < 4.78 is 16.5. The maximum Gasteiger partial charge on any atom is 0.245 e. The third kappa shape index (κ3) is 21.2. The lowest BCUT2D eigenvalue weighted by Gasteiger charge is -2.39. The highest BCUT2D eigenvalue weighted by atomic mass is 32.2. The molecular formula is C45H82N6O20S3. The van der Waals surface area contributed by atoms with E-state index in [2.05, 4.69) is 16.0 Å². The van der Waals surface area contributed by atoms with E-state index in [1.165, 1.54) is 4.90 Å². The van der Waals surface area contributed by atoms with Crippen LogP contribution in [0.2, 0.25) is 0 Å². The van der Waals surface area contributed by atoms with Crippen molar-refractivity contribution in [2.45, 2.75) is 185 Å². The number of carbonyl (C=O) groups excluding carboxylic acids is 5. The third-order valence-corrected chi connectivity index (χ3v) is 16.3. The zero-order valence-electron chi connectivity index (χ0n) is 41.5. The molecule has 0 unspecified atom stereocenters. The van der Waals surface area contributed by atoms with Gasteiger partial charge < -0.3 is 108 Å². The molecule has 430 valence electrons. The normalized spacial score (nSPS) is 31.0. The lowest BCUT2D eigenvalue weighted by atomic mass is 10.0. The van der Waals surface area contributed by atoms with Crippen LogP contribution in [-0.2, 0) is 38.2 Å². The van der Waals surface area contributed by atoms with Crippen LogP contribution >= 0.6 is 35.3 Å². The van der Waals surface area contributed by atoms with Gasteiger partial charge in [0.25, 0.3) is 0 Å². The molecule has 3 rings (SSSR count). The number of primary amides is 1. The monoisotopic (exact) mass is 1120 g/mol. The van der Waals surface area contributed by atoms with Gasteiger partial charge in [0.1, 0.15) is 102 Å². The number of nitrogens with zero attached hydrogens (tertiary/aromatic N) is 1. The highest BCUT2D eigenvalue weighted by Gasteiger charge is 2.46. The fourth-order valence-corrected chi connectivity index (χ4v) is 11.7. The number of hydrogen-bond acceptors (Lipinski definition) is 24. The molecule has 17 atom stereocenters. The molecule has 5 amide bonds. The first-order chi connectivity index (χ1) is 35.3. The summed E-state index contributed by atoms with van der Waals surface area (Å²) in [5, 5.41) is 128. The van der Waals surface area contributed by atoms with Crippen LogP contribution in [0, 0.1) is 0 Å². The second-order valence-electron chi connectivity index (χ2n) is 18.4. The van der Waals surface area contributed by atoms with Gasteiger partial charge in [-0.05, 0) is 57.9 Å². The van der Waals surface area contributed by atoms with Crippen molar-refractivity contribution in [1.82, 2.24) is 20.9 Å². The molecule has 26 nitrogen and oxygen atoms in total. The summed E-state index contributed by atoms with van der Waals surface area (Å²) >= 11 is 3.02. The molecule has 0 saturated carbocycles. The van der Waals surface area contributed by atoms with Gasteiger partial charge in [0, 0.05) is 56.2 Å². The first kappa shape index (κ1) is 66.0. The maximum atomic E-state index is 14.6. The average molecular weight is 1120 g/mol. The van der Waals surface area contributed by atoms with Crippen molar-refractivity contribution in [3.05, 3.63) is 0 Å². The number of amides is 5. The van der Waals surface area contributed by atoms with Crippen LogP contribution in [0.5, 0.6) is 0 Å². The molecule has 3 aliphatic rings. The van der Waals surface area contributed by atoms with E-state index in [9.17, 15) is 85.3 Å². The summed E-state index contributed by atoms with van der Waals surface area (Å²) in [6.45, 7) is -0.848. The van der Waals surface area contributed by atoms with Gasteiger partial charge in [0.2, 0.25) is 29.5 Å². The van der Waals surface area contributed by atoms with E-state index >= 15 is 0 Å². The summed E-state index contributed by atoms with van der Waals surface area (Å²) in [5.74, 6) is -2.26. The minimum absolute atomic E-state index is 0.00715. The van der Waals surface area contributed by atoms with E-state index < -0.39 is 139 Å². The van der Waals surface area contributed by atoms with Crippen LogP contribution < -0.4 is 27.4 Å². The fourth-order valence-electron chi connectivity index (χ4n) is 8.36. The number of nitrogens with one attached hydrogen (secondary N) is 3. The Kier molecular flexibility index (Phi) is 31.5. The number of unbranched alkanes of at least 4 members (excludes halogenated alkanes) is 5. The largest absolute Gasteiger partial charge is 0.394 e. The van der Waals surface area contributed by atoms with E-state index in [1.807, 2.05) is 0 Å². The predicted octanol–water partition coefficient (Wildman–Crippen LogP) is -5.98. The Balaban J connectivity index is 1.63. The first-order valence-electron chi connectivity index (χ1n) is 25.2. The second kappa shape index (κ2) is 35.3. The van der Waals surface area contributed by atoms with Crippen molar-refractivity contribution in [1.29, 1.82) is 0 Å². The highest BCUT2D eigenvalue weighted by Crippen LogP contribution is 2.31. The molecule has 3 aliphatic heterocycles. The fraction of sp³-hybridized carbons (Fsp3) is 0.889. The molecule has 74 heavy (non-hydrogen) atoms. The molecular weight excluding hydrogens is 1040 g/mol. The Bertz CT molecular complexity index is 1670. The van der Waals surface area contributed by atoms with Gasteiger partial charge in [-0.25, -0.2) is 0 Å². The summed E-state index contributed by atoms with van der Waals surface area (Å²) in [5.41, 5.74) is 8.57. The molecule has 0 radical (unpaired) electrons. The summed E-state index contributed by atoms with van der Waals surface area (Å²) in [7, 11) is 0. The molecule has 29 heteroatoms. The molecule has 0 aromatic rings. The van der Waals surface area contributed by atoms with Crippen LogP contribution in [0.4, 0.5) is 0 Å². The van der Waals surface area contributed by atoms with Crippen molar-refractivity contribution in [3.63, 3.8) is 0 Å². The molecule has 0 aromatic carbocycles. The van der Waals surface area contributed by atoms with Crippen LogP contribution in [0.25, 0.3) is 0 Å². The van der Waals surface area contributed by atoms with E-state index in [1.54, 1.807) is 0 Å². The van der Waals surface area contributed by atoms with E-state index in [4.69, 9.17) is 25.7 Å². The van der Waals surface area contributed by atoms with Crippen LogP contribution in [0.3, 0.4) is 0 Å². The second-order valence-corrected chi connectivity index (χ2v) is 22.0. The Morgan fingerprint density at radius 1 is 0.500 bits per heavy atom. The SMILES string of the molecule is NCCCCCCN(C(=O)[C@H](CCCCNC(=O)CCS[C@H]1O[C@H](CO)[C@@H](O)[C@H](O)[C@@H]1O)NC(=O)CCS[C@H]1O[C@H](CO)[C@@H](O)[C@H](O)[C@@H]1O)[C@@H](CCCCNC(=O)CCS[C@H]1O[C@H](CO)[C@@H](O)[C@H](O)[C@@H]1O)C(N)=O. The van der Waals surface area contributed by atoms with Gasteiger partial charge in [0.15, 0.2) is 0 Å². The topological polar surface area (TPSA) is 447 Å². The number of nitrogens with two attached hydrogens (primary N) is 2. The average Bonchev–Trinajstić information content (AvgIpc) is 3.37. The minimum atomic E-state index is -1.61. The minimum Gasteiger partial charge on any atom is -0.394 e. The summed E-state index contributed by atoms with van der Waals surface area (Å²) in [6, 6.07) is -2.28. The van der Waals surface area contributed by atoms with Crippen molar-refractivity contribution < 1.29 is 99.5 Å². The van der Waals surface area contributed by atoms with E-state index in [0.29, 0.717) is 45.1 Å². The Hall–Kier alpha value is -2.24. The maximum absolute atomic E-state index is 14.6. The molecule has 3 fully saturated rings. The van der Waals surface area contributed by atoms with Gasteiger partial charge in [-0.1, -0.05) is 12.8 Å². The number of hydrogen-bond donors (Lipinski definition) is 17. The third-order valence-electron chi connectivity index (χ3n) is 12.8. The first-order valence-corrected chi connectivity index (χ1v) is 28.3. The molecule has 0 aromatic heterocycles. The zero-order chi connectivity index (χ0) is 54.9. The highest BCUT2D eigenvalue weighted by molar-refractivity contribution is 8.00. The predicted molar refractivity (Wildman–Crippen MR) is 270 cm³/mol. The molecule has 0 bridgehead atoms. The van der Waals surface area contributed by atoms with Gasteiger partial charge in [0.05, 0.1) is 19.8 Å². The van der Waals surface area contributed by atoms with Crippen molar-refractivity contribution >= 4 is 64.8 Å². The number of carbonyl (C=O) groups is 5. The van der Waals surface area contributed by atoms with Crippen molar-refractivity contribution in [3.8, 4) is 0 Å². The lowest BCUT2D eigenvalue weighted by Crippen LogP contribution is -2.57. The van der Waals surface area contributed by atoms with E-state index in [-0.39, 0.29) is 80.8 Å². The van der Waals surface area contributed by atoms with E-state index in [0.717, 1.165) is 48.1 Å². The van der Waals surface area contributed by atoms with Crippen LogP contribution in [-0.4, -0.2) is 261 Å². The Labute approximate surface area is 443 Å². The van der Waals surface area contributed by atoms with Crippen molar-refractivity contribution in [2.24, 2.45) is 11.5 Å². The Morgan fingerprint density at radius 3 is 1.28 bits per heavy atom. The molecule has 0 aliphatic carbocycles. The summed E-state index contributed by atoms with van der Waals surface area (Å²) in [6.07, 6.45) is -13.0. The smallest absolute Gasteiger partial charge is 0.245 e. The van der Waals surface area contributed by atoms with Gasteiger partial charge in [-0.3, -0.25) is 24.0 Å². The Morgan fingerprint density at radius 2 is 0.892 bits per heavy atom. The number of thioether (sulfide) groups is 3. The van der Waals surface area contributed by atoms with Crippen molar-refractivity contribution in [2.75, 3.05) is 63.3 Å². The molecule has 3 saturated heterocycles. The van der Waals surface area contributed by atoms with Gasteiger partial charge >= 0.3 is 0 Å². The number of ether oxygens (including phenoxy) is 3. The standard InChI is InChI=1S/C45H82N6O20S3/c46-14-5-1-2-8-17-51(25(41(47)67)10-4-7-16-49-30(56)12-19-73-44-39(65)36(62)33(59)27(22-53)70-44)42(68)24(50-31(57)13-20-74-45-40(66)37(63)34(60)28(23-54)71-45)9-3-6-15-48-29(55)11-18-72-43-38(64)35(61)32(58)26(21-52)69-43/h24-28,32-40,43-45,52-54,58-66H,1-23,46H2,(H2,47,67)(H,48,55)(H,49,56)(H,50,57)/t24-,25-,26+,27+,28+,32+,33+,34+,35-,36-,37-,38-,39-,40-,43+,44+,45+/m0/s1. The number of rotatable bonds is 35. The van der Waals surface area contributed by atoms with Gasteiger partial charge in [-0.15, -0.1) is 35.3 Å². The molecule has 19 N–H and O–H groups in total. The number of aliphatic hydroxyl groups excluding tert-OH is 12. The zero-order valence-corrected chi connectivity index (χ0v) is 44.0. The summed E-state index contributed by atoms with van der Waals surface area (Å²) in [4.78, 5) is 68.0. The van der Waals surface area contributed by atoms with Gasteiger partial charge in [-0.2, -0.15) is 0 Å². The van der Waals surface area contributed by atoms with Crippen LogP contribution in [0.1, 0.15) is 83.5 Å². The number of aliphatic hydroxyl groups is 12. The quantitative estimate of drug-likeness (QED) is 0.0263. The molecule has 3 heterocycles.